The molecule has 18 heavy (non-hydrogen) atoms. The summed E-state index contributed by atoms with van der Waals surface area (Å²) in [6, 6.07) is 13.2. The summed E-state index contributed by atoms with van der Waals surface area (Å²) in [7, 11) is -4.15. The van der Waals surface area contributed by atoms with Crippen LogP contribution in [0.4, 0.5) is 0 Å². The molecule has 0 aromatic heterocycles. The smallest absolute Gasteiger partial charge is 0.294 e. The third-order valence-electron chi connectivity index (χ3n) is 2.62. The molecule has 0 radical (unpaired) electrons. The van der Waals surface area contributed by atoms with Crippen LogP contribution in [0, 0.1) is 0 Å². The van der Waals surface area contributed by atoms with Gasteiger partial charge in [-0.15, -0.1) is 0 Å². The Hall–Kier alpha value is -1.69. The molecule has 0 saturated heterocycles. The van der Waals surface area contributed by atoms with Gasteiger partial charge in [0.1, 0.15) is 0 Å². The fourth-order valence-corrected chi connectivity index (χ4v) is 2.10. The second kappa shape index (κ2) is 4.89. The summed E-state index contributed by atoms with van der Waals surface area (Å²) in [6.07, 6.45) is 0. The summed E-state index contributed by atoms with van der Waals surface area (Å²) < 4.78 is 30.6. The van der Waals surface area contributed by atoms with Gasteiger partial charge in [-0.1, -0.05) is 36.4 Å². The maximum Gasteiger partial charge on any atom is 0.294 e. The van der Waals surface area contributed by atoms with Crippen LogP contribution in [0.15, 0.2) is 53.4 Å². The standard InChI is InChI=1S/C13H12O4S/c14-9-10-1-3-11(4-2-10)12-5-7-13(8-6-12)18(15,16)17/h1-8,14H,9H2,(H,15,16,17). The van der Waals surface area contributed by atoms with Gasteiger partial charge >= 0.3 is 0 Å². The minimum atomic E-state index is -4.15. The first-order valence-electron chi connectivity index (χ1n) is 5.28. The van der Waals surface area contributed by atoms with Crippen LogP contribution in [0.1, 0.15) is 5.56 Å². The summed E-state index contributed by atoms with van der Waals surface area (Å²) in [5.74, 6) is 0. The lowest BCUT2D eigenvalue weighted by Crippen LogP contribution is -1.97. The molecular weight excluding hydrogens is 252 g/mol. The second-order valence-corrected chi connectivity index (χ2v) is 5.28. The summed E-state index contributed by atoms with van der Waals surface area (Å²) in [5, 5.41) is 8.93. The molecule has 0 atom stereocenters. The molecule has 0 fully saturated rings. The van der Waals surface area contributed by atoms with Gasteiger partial charge in [-0.05, 0) is 28.8 Å². The van der Waals surface area contributed by atoms with Crippen LogP contribution in [-0.2, 0) is 16.7 Å². The Balaban J connectivity index is 2.34. The van der Waals surface area contributed by atoms with Crippen molar-refractivity contribution < 1.29 is 18.1 Å². The lowest BCUT2D eigenvalue weighted by Gasteiger charge is -2.04. The highest BCUT2D eigenvalue weighted by Crippen LogP contribution is 2.21. The zero-order valence-corrected chi connectivity index (χ0v) is 10.3. The number of hydrogen-bond acceptors (Lipinski definition) is 3. The van der Waals surface area contributed by atoms with Crippen LogP contribution in [-0.4, -0.2) is 18.1 Å². The maximum atomic E-state index is 10.9. The van der Waals surface area contributed by atoms with E-state index >= 15 is 0 Å². The van der Waals surface area contributed by atoms with Gasteiger partial charge in [0.15, 0.2) is 0 Å². The molecule has 4 nitrogen and oxygen atoms in total. The van der Waals surface area contributed by atoms with Crippen molar-refractivity contribution in [2.24, 2.45) is 0 Å². The van der Waals surface area contributed by atoms with Crippen molar-refractivity contribution in [2.75, 3.05) is 0 Å². The van der Waals surface area contributed by atoms with Gasteiger partial charge < -0.3 is 5.11 Å². The summed E-state index contributed by atoms with van der Waals surface area (Å²) in [5.41, 5.74) is 2.56. The van der Waals surface area contributed by atoms with Gasteiger partial charge in [-0.3, -0.25) is 4.55 Å². The predicted octanol–water partition coefficient (Wildman–Crippen LogP) is 2.09. The van der Waals surface area contributed by atoms with E-state index in [-0.39, 0.29) is 11.5 Å². The molecule has 0 aliphatic carbocycles. The average molecular weight is 264 g/mol. The SMILES string of the molecule is O=S(=O)(O)c1ccc(-c2ccc(CO)cc2)cc1. The fourth-order valence-electron chi connectivity index (χ4n) is 1.62. The second-order valence-electron chi connectivity index (χ2n) is 3.85. The molecule has 94 valence electrons. The number of aliphatic hydroxyl groups excluding tert-OH is 1. The van der Waals surface area contributed by atoms with Gasteiger partial charge in [0.2, 0.25) is 0 Å². The van der Waals surface area contributed by atoms with Gasteiger partial charge in [0.05, 0.1) is 11.5 Å². The molecule has 2 N–H and O–H groups in total. The van der Waals surface area contributed by atoms with Crippen LogP contribution >= 0.6 is 0 Å². The highest BCUT2D eigenvalue weighted by Gasteiger charge is 2.08. The van der Waals surface area contributed by atoms with Crippen LogP contribution in [0.2, 0.25) is 0 Å². The molecule has 0 bridgehead atoms. The summed E-state index contributed by atoms with van der Waals surface area (Å²) in [4.78, 5) is -0.127. The third kappa shape index (κ3) is 2.76. The molecule has 0 spiro atoms. The van der Waals surface area contributed by atoms with E-state index < -0.39 is 10.1 Å². The number of hydrogen-bond donors (Lipinski definition) is 2. The number of benzene rings is 2. The maximum absolute atomic E-state index is 10.9. The van der Waals surface area contributed by atoms with Crippen LogP contribution < -0.4 is 0 Å². The lowest BCUT2D eigenvalue weighted by molar-refractivity contribution is 0.282. The van der Waals surface area contributed by atoms with E-state index in [0.29, 0.717) is 0 Å². The predicted molar refractivity (Wildman–Crippen MR) is 67.6 cm³/mol. The summed E-state index contributed by atoms with van der Waals surface area (Å²) in [6.45, 7) is -0.0119. The van der Waals surface area contributed by atoms with E-state index in [0.717, 1.165) is 16.7 Å². The Morgan fingerprint density at radius 3 is 1.67 bits per heavy atom. The van der Waals surface area contributed by atoms with Crippen molar-refractivity contribution in [1.82, 2.24) is 0 Å². The van der Waals surface area contributed by atoms with E-state index in [1.54, 1.807) is 24.3 Å². The summed E-state index contributed by atoms with van der Waals surface area (Å²) >= 11 is 0. The molecule has 2 aromatic carbocycles. The van der Waals surface area contributed by atoms with E-state index in [9.17, 15) is 8.42 Å². The molecule has 0 aliphatic heterocycles. The highest BCUT2D eigenvalue weighted by atomic mass is 32.2. The zero-order valence-electron chi connectivity index (χ0n) is 9.45. The molecule has 0 saturated carbocycles. The third-order valence-corrected chi connectivity index (χ3v) is 3.49. The molecule has 0 aliphatic rings. The Kier molecular flexibility index (Phi) is 3.47. The van der Waals surface area contributed by atoms with Crippen molar-refractivity contribution >= 4 is 10.1 Å². The van der Waals surface area contributed by atoms with Crippen molar-refractivity contribution in [3.8, 4) is 11.1 Å². The monoisotopic (exact) mass is 264 g/mol. The quantitative estimate of drug-likeness (QED) is 0.832. The van der Waals surface area contributed by atoms with Crippen molar-refractivity contribution in [1.29, 1.82) is 0 Å². The Labute approximate surface area is 105 Å². The van der Waals surface area contributed by atoms with E-state index in [1.165, 1.54) is 12.1 Å². The topological polar surface area (TPSA) is 74.6 Å². The molecule has 5 heteroatoms. The van der Waals surface area contributed by atoms with E-state index in [2.05, 4.69) is 0 Å². The van der Waals surface area contributed by atoms with Crippen LogP contribution in [0.25, 0.3) is 11.1 Å². The molecule has 2 rings (SSSR count). The fraction of sp³-hybridized carbons (Fsp3) is 0.0769. The van der Waals surface area contributed by atoms with Crippen LogP contribution in [0.5, 0.6) is 0 Å². The van der Waals surface area contributed by atoms with Crippen LogP contribution in [0.3, 0.4) is 0 Å². The Bertz CT molecular complexity index is 628. The van der Waals surface area contributed by atoms with Gasteiger partial charge in [-0.25, -0.2) is 0 Å². The minimum absolute atomic E-state index is 0.0119. The highest BCUT2D eigenvalue weighted by molar-refractivity contribution is 7.85. The van der Waals surface area contributed by atoms with E-state index in [1.807, 2.05) is 12.1 Å². The Morgan fingerprint density at radius 2 is 1.28 bits per heavy atom. The van der Waals surface area contributed by atoms with Crippen molar-refractivity contribution in [3.63, 3.8) is 0 Å². The zero-order chi connectivity index (χ0) is 13.2. The van der Waals surface area contributed by atoms with E-state index in [4.69, 9.17) is 9.66 Å². The largest absolute Gasteiger partial charge is 0.392 e. The van der Waals surface area contributed by atoms with Crippen molar-refractivity contribution in [3.05, 3.63) is 54.1 Å². The minimum Gasteiger partial charge on any atom is -0.392 e. The Morgan fingerprint density at radius 1 is 0.833 bits per heavy atom. The normalized spacial score (nSPS) is 11.4. The van der Waals surface area contributed by atoms with Gasteiger partial charge in [-0.2, -0.15) is 8.42 Å². The first-order valence-corrected chi connectivity index (χ1v) is 6.72. The molecular formula is C13H12O4S. The first kappa shape index (κ1) is 12.8. The van der Waals surface area contributed by atoms with Gasteiger partial charge in [0.25, 0.3) is 10.1 Å². The first-order chi connectivity index (χ1) is 8.50. The molecule has 0 heterocycles. The molecule has 2 aromatic rings. The number of rotatable bonds is 3. The lowest BCUT2D eigenvalue weighted by atomic mass is 10.0. The number of aliphatic hydroxyl groups is 1. The van der Waals surface area contributed by atoms with Gasteiger partial charge in [0, 0.05) is 0 Å². The van der Waals surface area contributed by atoms with Crippen molar-refractivity contribution in [2.45, 2.75) is 11.5 Å². The molecule has 0 amide bonds. The average Bonchev–Trinajstić information content (AvgIpc) is 2.38. The molecule has 0 unspecified atom stereocenters.